The van der Waals surface area contributed by atoms with Crippen LogP contribution in [0.2, 0.25) is 0 Å². The van der Waals surface area contributed by atoms with E-state index in [-0.39, 0.29) is 29.5 Å². The Morgan fingerprint density at radius 2 is 1.67 bits per heavy atom. The van der Waals surface area contributed by atoms with Crippen molar-refractivity contribution in [3.8, 4) is 5.75 Å². The van der Waals surface area contributed by atoms with E-state index in [0.29, 0.717) is 16.1 Å². The van der Waals surface area contributed by atoms with Gasteiger partial charge in [0, 0.05) is 36.2 Å². The molecule has 11 nitrogen and oxygen atoms in total. The molecule has 2 aromatic rings. The Hall–Kier alpha value is -4.13. The van der Waals surface area contributed by atoms with Gasteiger partial charge in [0.2, 0.25) is 10.9 Å². The van der Waals surface area contributed by atoms with Crippen molar-refractivity contribution in [3.63, 3.8) is 0 Å². The highest BCUT2D eigenvalue weighted by Crippen LogP contribution is 2.53. The number of aliphatic hydroxyl groups excluding tert-OH is 2. The van der Waals surface area contributed by atoms with Gasteiger partial charge in [0.25, 0.3) is 5.91 Å². The first-order valence-corrected chi connectivity index (χ1v) is 14.4. The number of allylic oxidation sites excluding steroid dienone is 1. The van der Waals surface area contributed by atoms with E-state index in [1.54, 1.807) is 45.2 Å². The van der Waals surface area contributed by atoms with Crippen LogP contribution in [0.1, 0.15) is 38.3 Å². The number of carbonyl (C=O) groups excluding carboxylic acids is 4. The fourth-order valence-electron chi connectivity index (χ4n) is 6.62. The van der Waals surface area contributed by atoms with Gasteiger partial charge in [-0.1, -0.05) is 17.7 Å². The average molecular weight is 608 g/mol. The van der Waals surface area contributed by atoms with E-state index in [1.807, 2.05) is 19.1 Å². The van der Waals surface area contributed by atoms with Gasteiger partial charge >= 0.3 is 0 Å². The summed E-state index contributed by atoms with van der Waals surface area (Å²) < 4.78 is 0. The van der Waals surface area contributed by atoms with Crippen molar-refractivity contribution >= 4 is 40.0 Å². The number of ketones is 2. The van der Waals surface area contributed by atoms with Gasteiger partial charge in [-0.2, -0.15) is 0 Å². The Balaban J connectivity index is 1.68. The standard InChI is InChI=1S/C31H33N3O8S/c1-13-6-8-15(9-7-13)43-30(41)17-12-19(33(2)3)16-10-14-11-18-23(34(4)5)26(37)22(29(32)40)28(39)31(18,42)27(38)20(14)25(36)21(16)24(17)35/h6-9,12,14,18,23,35,37-38,42H,10-11H2,1-5H3,(H2,32,40)/t14-,18-,23?,31-/m0/s1. The summed E-state index contributed by atoms with van der Waals surface area (Å²) in [5, 5.41) is 45.1. The molecule has 3 aliphatic carbocycles. The van der Waals surface area contributed by atoms with Crippen molar-refractivity contribution in [1.82, 2.24) is 4.90 Å². The Morgan fingerprint density at radius 1 is 1.05 bits per heavy atom. The number of thioether (sulfide) groups is 1. The molecule has 0 saturated heterocycles. The largest absolute Gasteiger partial charge is 0.510 e. The molecule has 1 amide bonds. The number of hydrogen-bond donors (Lipinski definition) is 5. The molecule has 0 fully saturated rings. The van der Waals surface area contributed by atoms with E-state index >= 15 is 0 Å². The van der Waals surface area contributed by atoms with Gasteiger partial charge in [-0.25, -0.2) is 0 Å². The van der Waals surface area contributed by atoms with Crippen molar-refractivity contribution in [1.29, 1.82) is 0 Å². The van der Waals surface area contributed by atoms with Crippen molar-refractivity contribution in [2.75, 3.05) is 33.1 Å². The van der Waals surface area contributed by atoms with Crippen molar-refractivity contribution in [3.05, 3.63) is 75.3 Å². The van der Waals surface area contributed by atoms with Gasteiger partial charge in [0.15, 0.2) is 11.4 Å². The van der Waals surface area contributed by atoms with Crippen LogP contribution in [-0.2, 0) is 16.0 Å². The Bertz CT molecular complexity index is 1660. The number of fused-ring (bicyclic) bond motifs is 3. The van der Waals surface area contributed by atoms with Crippen LogP contribution in [-0.4, -0.2) is 87.7 Å². The minimum atomic E-state index is -2.74. The number of rotatable bonds is 5. The topological polar surface area (TPSA) is 182 Å². The lowest BCUT2D eigenvalue weighted by Crippen LogP contribution is -2.63. The molecule has 0 aliphatic heterocycles. The lowest BCUT2D eigenvalue weighted by atomic mass is 9.58. The SMILES string of the molecule is Cc1ccc(SC(=O)c2cc(N(C)C)c3c(c2O)C(=O)C2=C(O)[C@]4(O)C(=O)C(C(N)=O)=C(O)C(N(C)C)[C@@H]4C[C@@H]2C3)cc1. The molecule has 43 heavy (non-hydrogen) atoms. The lowest BCUT2D eigenvalue weighted by Gasteiger charge is -2.50. The van der Waals surface area contributed by atoms with Crippen LogP contribution in [0.25, 0.3) is 0 Å². The van der Waals surface area contributed by atoms with Gasteiger partial charge in [-0.3, -0.25) is 24.1 Å². The number of amides is 1. The molecule has 2 aromatic carbocycles. The number of phenolic OH excluding ortho intramolecular Hbond substituents is 1. The first-order chi connectivity index (χ1) is 20.1. The van der Waals surface area contributed by atoms with Crippen LogP contribution < -0.4 is 10.6 Å². The molecule has 0 aromatic heterocycles. The number of anilines is 1. The number of hydrogen-bond acceptors (Lipinski definition) is 11. The first-order valence-electron chi connectivity index (χ1n) is 13.6. The van der Waals surface area contributed by atoms with E-state index in [2.05, 4.69) is 0 Å². The fraction of sp³-hybridized carbons (Fsp3) is 0.355. The maximum absolute atomic E-state index is 14.1. The molecule has 4 atom stereocenters. The number of aliphatic hydroxyl groups is 3. The second-order valence-corrected chi connectivity index (χ2v) is 12.8. The maximum Gasteiger partial charge on any atom is 0.255 e. The van der Waals surface area contributed by atoms with Crippen LogP contribution in [0.4, 0.5) is 5.69 Å². The molecule has 3 aliphatic rings. The molecule has 6 N–H and O–H groups in total. The molecule has 0 saturated carbocycles. The number of Topliss-reactive ketones (excluding diaryl/α,β-unsaturated/α-hetero) is 2. The number of carbonyl (C=O) groups is 4. The summed E-state index contributed by atoms with van der Waals surface area (Å²) in [6, 6.07) is 7.68. The lowest BCUT2D eigenvalue weighted by molar-refractivity contribution is -0.148. The zero-order valence-corrected chi connectivity index (χ0v) is 25.2. The van der Waals surface area contributed by atoms with Crippen LogP contribution in [0.3, 0.4) is 0 Å². The van der Waals surface area contributed by atoms with Gasteiger partial charge < -0.3 is 31.1 Å². The van der Waals surface area contributed by atoms with Crippen molar-refractivity contribution in [2.45, 2.75) is 36.3 Å². The summed E-state index contributed by atoms with van der Waals surface area (Å²) >= 11 is 0.884. The fourth-order valence-corrected chi connectivity index (χ4v) is 7.37. The van der Waals surface area contributed by atoms with Crippen molar-refractivity contribution < 1.29 is 39.6 Å². The predicted molar refractivity (Wildman–Crippen MR) is 159 cm³/mol. The number of nitrogens with two attached hydrogens (primary N) is 1. The monoisotopic (exact) mass is 607 g/mol. The summed E-state index contributed by atoms with van der Waals surface area (Å²) in [5.41, 5.74) is 3.14. The highest BCUT2D eigenvalue weighted by atomic mass is 32.2. The molecule has 5 rings (SSSR count). The molecule has 0 spiro atoms. The smallest absolute Gasteiger partial charge is 0.255 e. The van der Waals surface area contributed by atoms with Gasteiger partial charge in [-0.15, -0.1) is 0 Å². The number of aryl methyl sites for hydroxylation is 1. The summed E-state index contributed by atoms with van der Waals surface area (Å²) in [6.07, 6.45) is 0.0958. The van der Waals surface area contributed by atoms with E-state index in [1.165, 1.54) is 11.0 Å². The number of phenols is 1. The van der Waals surface area contributed by atoms with Crippen LogP contribution in [0.5, 0.6) is 5.75 Å². The maximum atomic E-state index is 14.1. The summed E-state index contributed by atoms with van der Waals surface area (Å²) in [7, 11) is 6.61. The predicted octanol–water partition coefficient (Wildman–Crippen LogP) is 2.43. The second kappa shape index (κ2) is 10.5. The first kappa shape index (κ1) is 30.3. The quantitative estimate of drug-likeness (QED) is 0.249. The number of likely N-dealkylation sites (N-methyl/N-ethyl adjacent to an activating group) is 1. The Morgan fingerprint density at radius 3 is 2.23 bits per heavy atom. The number of nitrogens with zero attached hydrogens (tertiary/aromatic N) is 2. The number of primary amides is 1. The third-order valence-corrected chi connectivity index (χ3v) is 9.55. The average Bonchev–Trinajstić information content (AvgIpc) is 2.91. The van der Waals surface area contributed by atoms with Gasteiger partial charge in [0.1, 0.15) is 22.8 Å². The van der Waals surface area contributed by atoms with Crippen LogP contribution in [0, 0.1) is 18.8 Å². The second-order valence-electron chi connectivity index (χ2n) is 11.7. The van der Waals surface area contributed by atoms with E-state index in [9.17, 15) is 39.6 Å². The molecular formula is C31H33N3O8S. The minimum Gasteiger partial charge on any atom is -0.510 e. The number of benzene rings is 2. The molecule has 0 bridgehead atoms. The van der Waals surface area contributed by atoms with Gasteiger partial charge in [-0.05, 0) is 75.3 Å². The normalized spacial score (nSPS) is 25.0. The molecule has 12 heteroatoms. The highest BCUT2D eigenvalue weighted by Gasteiger charge is 2.63. The molecule has 1 unspecified atom stereocenters. The number of aromatic hydroxyl groups is 1. The molecule has 226 valence electrons. The molecule has 0 radical (unpaired) electrons. The zero-order valence-electron chi connectivity index (χ0n) is 24.3. The van der Waals surface area contributed by atoms with Crippen LogP contribution in [0.15, 0.2) is 57.9 Å². The van der Waals surface area contributed by atoms with Gasteiger partial charge in [0.05, 0.1) is 17.2 Å². The summed E-state index contributed by atoms with van der Waals surface area (Å²) in [4.78, 5) is 57.1. The van der Waals surface area contributed by atoms with E-state index in [0.717, 1.165) is 17.3 Å². The molecule has 0 heterocycles. The minimum absolute atomic E-state index is 0.0245. The van der Waals surface area contributed by atoms with Crippen LogP contribution >= 0.6 is 11.8 Å². The van der Waals surface area contributed by atoms with E-state index in [4.69, 9.17) is 5.73 Å². The third kappa shape index (κ3) is 4.52. The van der Waals surface area contributed by atoms with E-state index < -0.39 is 68.9 Å². The zero-order chi connectivity index (χ0) is 31.7. The third-order valence-electron chi connectivity index (χ3n) is 8.63. The Kier molecular flexibility index (Phi) is 7.44. The molecular weight excluding hydrogens is 574 g/mol. The highest BCUT2D eigenvalue weighted by molar-refractivity contribution is 8.14. The van der Waals surface area contributed by atoms with Crippen molar-refractivity contribution in [2.24, 2.45) is 17.6 Å². The summed E-state index contributed by atoms with van der Waals surface area (Å²) in [5.74, 6) is -7.43. The Labute approximate surface area is 252 Å². The summed E-state index contributed by atoms with van der Waals surface area (Å²) in [6.45, 7) is 1.91.